The Morgan fingerprint density at radius 2 is 2.26 bits per heavy atom. The first-order valence-corrected chi connectivity index (χ1v) is 7.80. The number of ether oxygens (including phenoxy) is 1. The number of methoxy groups -OCH3 is 1. The van der Waals surface area contributed by atoms with Gasteiger partial charge in [-0.25, -0.2) is 4.68 Å². The van der Waals surface area contributed by atoms with Crippen molar-refractivity contribution in [2.75, 3.05) is 26.8 Å². The number of hydrogen-bond donors (Lipinski definition) is 2. The van der Waals surface area contributed by atoms with Crippen LogP contribution >= 0.6 is 0 Å². The highest BCUT2D eigenvalue weighted by atomic mass is 16.5. The third-order valence-electron chi connectivity index (χ3n) is 4.26. The first kappa shape index (κ1) is 15.7. The second-order valence-electron chi connectivity index (χ2n) is 5.95. The fraction of sp³-hybridized carbons (Fsp3) is 0.412. The van der Waals surface area contributed by atoms with Crippen LogP contribution in [0, 0.1) is 5.41 Å². The van der Waals surface area contributed by atoms with Gasteiger partial charge in [0.05, 0.1) is 23.9 Å². The lowest BCUT2D eigenvalue weighted by Crippen LogP contribution is -2.45. The molecule has 6 heteroatoms. The first-order valence-electron chi connectivity index (χ1n) is 7.80. The number of hydrogen-bond acceptors (Lipinski definition) is 4. The van der Waals surface area contributed by atoms with E-state index in [0.717, 1.165) is 24.2 Å². The second kappa shape index (κ2) is 6.93. The van der Waals surface area contributed by atoms with Crippen molar-refractivity contribution in [3.63, 3.8) is 0 Å². The van der Waals surface area contributed by atoms with Gasteiger partial charge in [0.25, 0.3) is 0 Å². The Morgan fingerprint density at radius 1 is 1.43 bits per heavy atom. The number of nitrogens with zero attached hydrogens (tertiary/aromatic N) is 2. The molecule has 2 N–H and O–H groups in total. The van der Waals surface area contributed by atoms with Gasteiger partial charge in [-0.05, 0) is 25.1 Å². The smallest absolute Gasteiger partial charge is 0.230 e. The molecule has 2 heterocycles. The van der Waals surface area contributed by atoms with Crippen LogP contribution in [0.25, 0.3) is 5.69 Å². The van der Waals surface area contributed by atoms with Crippen LogP contribution in [-0.4, -0.2) is 42.5 Å². The van der Waals surface area contributed by atoms with Gasteiger partial charge in [-0.2, -0.15) is 5.10 Å². The Morgan fingerprint density at radius 3 is 2.96 bits per heavy atom. The number of carbonyl (C=O) groups excluding carboxylic acids is 1. The lowest BCUT2D eigenvalue weighted by Gasteiger charge is -2.25. The van der Waals surface area contributed by atoms with Crippen LogP contribution in [0.5, 0.6) is 0 Å². The van der Waals surface area contributed by atoms with Gasteiger partial charge < -0.3 is 15.4 Å². The summed E-state index contributed by atoms with van der Waals surface area (Å²) >= 11 is 0. The van der Waals surface area contributed by atoms with Gasteiger partial charge in [-0.1, -0.05) is 18.2 Å². The van der Waals surface area contributed by atoms with Crippen molar-refractivity contribution in [1.29, 1.82) is 0 Å². The van der Waals surface area contributed by atoms with Crippen LogP contribution in [0.1, 0.15) is 12.0 Å². The number of benzene rings is 1. The number of carbonyl (C=O) groups is 1. The van der Waals surface area contributed by atoms with Crippen molar-refractivity contribution < 1.29 is 9.53 Å². The summed E-state index contributed by atoms with van der Waals surface area (Å²) in [6.45, 7) is 2.42. The predicted molar refractivity (Wildman–Crippen MR) is 87.2 cm³/mol. The fourth-order valence-electron chi connectivity index (χ4n) is 2.95. The number of para-hydroxylation sites is 1. The van der Waals surface area contributed by atoms with E-state index in [2.05, 4.69) is 15.7 Å². The van der Waals surface area contributed by atoms with E-state index in [1.54, 1.807) is 13.3 Å². The van der Waals surface area contributed by atoms with Crippen LogP contribution in [-0.2, 0) is 16.1 Å². The van der Waals surface area contributed by atoms with Crippen LogP contribution in [0.3, 0.4) is 0 Å². The Balaban J connectivity index is 1.62. The second-order valence-corrected chi connectivity index (χ2v) is 5.95. The zero-order chi connectivity index (χ0) is 16.1. The summed E-state index contributed by atoms with van der Waals surface area (Å²) in [5.41, 5.74) is 1.52. The van der Waals surface area contributed by atoms with Gasteiger partial charge in [0.2, 0.25) is 5.91 Å². The van der Waals surface area contributed by atoms with E-state index in [9.17, 15) is 4.79 Å². The molecule has 0 aliphatic carbocycles. The SMILES string of the molecule is COCC1(C(=O)NCc2cnn(-c3ccccc3)c2)CCNC1. The van der Waals surface area contributed by atoms with E-state index in [0.29, 0.717) is 19.7 Å². The number of aromatic nitrogens is 2. The largest absolute Gasteiger partial charge is 0.384 e. The van der Waals surface area contributed by atoms with E-state index in [4.69, 9.17) is 4.74 Å². The number of rotatable bonds is 6. The highest BCUT2D eigenvalue weighted by Crippen LogP contribution is 2.26. The number of amides is 1. The molecule has 0 saturated carbocycles. The Kier molecular flexibility index (Phi) is 4.73. The molecule has 1 atom stereocenters. The molecular weight excluding hydrogens is 292 g/mol. The Labute approximate surface area is 135 Å². The third-order valence-corrected chi connectivity index (χ3v) is 4.26. The molecule has 122 valence electrons. The van der Waals surface area contributed by atoms with E-state index >= 15 is 0 Å². The normalized spacial score (nSPS) is 20.6. The van der Waals surface area contributed by atoms with Crippen molar-refractivity contribution in [2.24, 2.45) is 5.41 Å². The summed E-state index contributed by atoms with van der Waals surface area (Å²) < 4.78 is 7.06. The summed E-state index contributed by atoms with van der Waals surface area (Å²) in [5, 5.41) is 10.6. The molecule has 1 saturated heterocycles. The maximum atomic E-state index is 12.5. The molecule has 1 amide bonds. The van der Waals surface area contributed by atoms with Crippen LogP contribution in [0.4, 0.5) is 0 Å². The Bertz CT molecular complexity index is 648. The van der Waals surface area contributed by atoms with Gasteiger partial charge in [0.15, 0.2) is 0 Å². The van der Waals surface area contributed by atoms with Crippen LogP contribution in [0.15, 0.2) is 42.7 Å². The number of nitrogens with one attached hydrogen (secondary N) is 2. The first-order chi connectivity index (χ1) is 11.2. The Hall–Kier alpha value is -2.18. The van der Waals surface area contributed by atoms with Crippen molar-refractivity contribution >= 4 is 5.91 Å². The zero-order valence-electron chi connectivity index (χ0n) is 13.3. The van der Waals surface area contributed by atoms with Gasteiger partial charge in [0.1, 0.15) is 0 Å². The van der Waals surface area contributed by atoms with Crippen LogP contribution < -0.4 is 10.6 Å². The van der Waals surface area contributed by atoms with Crippen molar-refractivity contribution in [3.05, 3.63) is 48.3 Å². The van der Waals surface area contributed by atoms with Crippen molar-refractivity contribution in [2.45, 2.75) is 13.0 Å². The summed E-state index contributed by atoms with van der Waals surface area (Å²) in [4.78, 5) is 12.5. The quantitative estimate of drug-likeness (QED) is 0.838. The lowest BCUT2D eigenvalue weighted by molar-refractivity contribution is -0.133. The minimum Gasteiger partial charge on any atom is -0.384 e. The molecule has 23 heavy (non-hydrogen) atoms. The molecule has 1 aromatic heterocycles. The zero-order valence-corrected chi connectivity index (χ0v) is 13.3. The molecule has 6 nitrogen and oxygen atoms in total. The molecule has 1 aliphatic rings. The molecule has 0 radical (unpaired) electrons. The molecule has 1 unspecified atom stereocenters. The third kappa shape index (κ3) is 3.43. The fourth-order valence-corrected chi connectivity index (χ4v) is 2.95. The van der Waals surface area contributed by atoms with Crippen molar-refractivity contribution in [3.8, 4) is 5.69 Å². The summed E-state index contributed by atoms with van der Waals surface area (Å²) in [5.74, 6) is 0.0387. The standard InChI is InChI=1S/C17H22N4O2/c1-23-13-17(7-8-18-12-17)16(22)19-9-14-10-20-21(11-14)15-5-3-2-4-6-15/h2-6,10-11,18H,7-9,12-13H2,1H3,(H,19,22). The average Bonchev–Trinajstić information content (AvgIpc) is 3.24. The molecule has 1 aliphatic heterocycles. The van der Waals surface area contributed by atoms with Crippen molar-refractivity contribution in [1.82, 2.24) is 20.4 Å². The molecular formula is C17H22N4O2. The van der Waals surface area contributed by atoms with Gasteiger partial charge in [-0.15, -0.1) is 0 Å². The van der Waals surface area contributed by atoms with Crippen LogP contribution in [0.2, 0.25) is 0 Å². The van der Waals surface area contributed by atoms with E-state index in [1.165, 1.54) is 0 Å². The lowest BCUT2D eigenvalue weighted by atomic mass is 9.87. The maximum absolute atomic E-state index is 12.5. The molecule has 1 fully saturated rings. The molecule has 3 rings (SSSR count). The summed E-state index contributed by atoms with van der Waals surface area (Å²) in [6.07, 6.45) is 4.52. The predicted octanol–water partition coefficient (Wildman–Crippen LogP) is 1.11. The van der Waals surface area contributed by atoms with E-state index < -0.39 is 5.41 Å². The monoisotopic (exact) mass is 314 g/mol. The molecule has 0 bridgehead atoms. The molecule has 0 spiro atoms. The summed E-state index contributed by atoms with van der Waals surface area (Å²) in [6, 6.07) is 9.90. The van der Waals surface area contributed by atoms with Gasteiger partial charge in [-0.3, -0.25) is 4.79 Å². The van der Waals surface area contributed by atoms with Gasteiger partial charge in [0, 0.05) is 32.0 Å². The minimum atomic E-state index is -0.454. The highest BCUT2D eigenvalue weighted by molar-refractivity contribution is 5.83. The topological polar surface area (TPSA) is 68.2 Å². The van der Waals surface area contributed by atoms with Gasteiger partial charge >= 0.3 is 0 Å². The highest BCUT2D eigenvalue weighted by Gasteiger charge is 2.41. The molecule has 1 aromatic carbocycles. The molecule has 2 aromatic rings. The maximum Gasteiger partial charge on any atom is 0.230 e. The average molecular weight is 314 g/mol. The minimum absolute atomic E-state index is 0.0387. The van der Waals surface area contributed by atoms with E-state index in [1.807, 2.05) is 41.2 Å². The summed E-state index contributed by atoms with van der Waals surface area (Å²) in [7, 11) is 1.64. The van der Waals surface area contributed by atoms with E-state index in [-0.39, 0.29) is 5.91 Å².